The molecule has 2 N–H and O–H groups in total. The van der Waals surface area contributed by atoms with Crippen LogP contribution in [-0.2, 0) is 0 Å². The van der Waals surface area contributed by atoms with Crippen LogP contribution in [0.2, 0.25) is 0 Å². The Balaban J connectivity index is 2.12. The molecule has 5 heteroatoms. The Bertz CT molecular complexity index is 191. The van der Waals surface area contributed by atoms with E-state index >= 15 is 0 Å². The van der Waals surface area contributed by atoms with Crippen molar-refractivity contribution in [3.63, 3.8) is 0 Å². The third-order valence-corrected chi connectivity index (χ3v) is 2.56. The summed E-state index contributed by atoms with van der Waals surface area (Å²) in [6.45, 7) is 1.07. The minimum absolute atomic E-state index is 0.336. The summed E-state index contributed by atoms with van der Waals surface area (Å²) in [4.78, 5) is 4.05. The molecule has 1 atom stereocenters. The highest BCUT2D eigenvalue weighted by molar-refractivity contribution is 7.99. The SMILES string of the molecule is c1n[nH]c(C2NCCS2)n1. The van der Waals surface area contributed by atoms with E-state index in [-0.39, 0.29) is 0 Å². The number of aromatic nitrogens is 3. The molecule has 2 heterocycles. The summed E-state index contributed by atoms with van der Waals surface area (Å²) in [5.41, 5.74) is 0. The van der Waals surface area contributed by atoms with Gasteiger partial charge in [-0.15, -0.1) is 11.8 Å². The molecule has 0 spiro atoms. The van der Waals surface area contributed by atoms with Crippen molar-refractivity contribution in [2.75, 3.05) is 12.3 Å². The number of aromatic amines is 1. The number of hydrogen-bond donors (Lipinski definition) is 2. The molecule has 0 aromatic carbocycles. The molecule has 1 aliphatic heterocycles. The molecular formula is C5H8N4S. The number of hydrogen-bond acceptors (Lipinski definition) is 4. The predicted octanol–water partition coefficient (Wildman–Crippen LogP) is 0.140. The van der Waals surface area contributed by atoms with Crippen molar-refractivity contribution in [1.82, 2.24) is 20.5 Å². The van der Waals surface area contributed by atoms with Crippen LogP contribution in [0.1, 0.15) is 11.2 Å². The average Bonchev–Trinajstić information content (AvgIpc) is 2.59. The number of nitrogens with one attached hydrogen (secondary N) is 2. The van der Waals surface area contributed by atoms with Crippen LogP contribution in [0.25, 0.3) is 0 Å². The average molecular weight is 156 g/mol. The van der Waals surface area contributed by atoms with Gasteiger partial charge in [-0.3, -0.25) is 10.4 Å². The quantitative estimate of drug-likeness (QED) is 0.607. The van der Waals surface area contributed by atoms with E-state index in [0.717, 1.165) is 18.1 Å². The normalized spacial score (nSPS) is 25.4. The van der Waals surface area contributed by atoms with Crippen molar-refractivity contribution < 1.29 is 0 Å². The molecule has 4 nitrogen and oxygen atoms in total. The summed E-state index contributed by atoms with van der Waals surface area (Å²) in [5, 5.41) is 10.2. The van der Waals surface area contributed by atoms with E-state index in [1.807, 2.05) is 11.8 Å². The van der Waals surface area contributed by atoms with Crippen LogP contribution < -0.4 is 5.32 Å². The fourth-order valence-corrected chi connectivity index (χ4v) is 1.92. The van der Waals surface area contributed by atoms with Gasteiger partial charge >= 0.3 is 0 Å². The zero-order chi connectivity index (χ0) is 6.81. The monoisotopic (exact) mass is 156 g/mol. The molecule has 54 valence electrons. The van der Waals surface area contributed by atoms with Crippen LogP contribution in [0.4, 0.5) is 0 Å². The smallest absolute Gasteiger partial charge is 0.151 e. The van der Waals surface area contributed by atoms with Crippen molar-refractivity contribution in [3.8, 4) is 0 Å². The number of H-pyrrole nitrogens is 1. The van der Waals surface area contributed by atoms with E-state index in [9.17, 15) is 0 Å². The fourth-order valence-electron chi connectivity index (χ4n) is 0.943. The van der Waals surface area contributed by atoms with Crippen LogP contribution in [0, 0.1) is 0 Å². The second-order valence-corrected chi connectivity index (χ2v) is 3.29. The van der Waals surface area contributed by atoms with Crippen molar-refractivity contribution >= 4 is 11.8 Å². The van der Waals surface area contributed by atoms with Crippen molar-refractivity contribution in [3.05, 3.63) is 12.2 Å². The number of nitrogens with zero attached hydrogens (tertiary/aromatic N) is 2. The standard InChI is InChI=1S/C5H8N4S/c1-2-10-5(6-1)4-7-3-8-9-4/h3,5-6H,1-2H2,(H,7,8,9). The van der Waals surface area contributed by atoms with Crippen molar-refractivity contribution in [2.45, 2.75) is 5.37 Å². The topological polar surface area (TPSA) is 53.6 Å². The van der Waals surface area contributed by atoms with Gasteiger partial charge in [-0.05, 0) is 0 Å². The molecule has 0 saturated carbocycles. The second-order valence-electron chi connectivity index (χ2n) is 2.08. The van der Waals surface area contributed by atoms with E-state index < -0.39 is 0 Å². The molecule has 10 heavy (non-hydrogen) atoms. The molecular weight excluding hydrogens is 148 g/mol. The van der Waals surface area contributed by atoms with Gasteiger partial charge < -0.3 is 0 Å². The van der Waals surface area contributed by atoms with Crippen LogP contribution in [0.5, 0.6) is 0 Å². The Kier molecular flexibility index (Phi) is 1.60. The molecule has 0 bridgehead atoms. The van der Waals surface area contributed by atoms with Gasteiger partial charge in [0.25, 0.3) is 0 Å². The highest BCUT2D eigenvalue weighted by Crippen LogP contribution is 2.26. The first-order valence-corrected chi connectivity index (χ1v) is 4.22. The molecule has 1 aromatic rings. The first kappa shape index (κ1) is 6.18. The van der Waals surface area contributed by atoms with Gasteiger partial charge in [-0.25, -0.2) is 4.98 Å². The summed E-state index contributed by atoms with van der Waals surface area (Å²) in [6, 6.07) is 0. The number of thioether (sulfide) groups is 1. The fraction of sp³-hybridized carbons (Fsp3) is 0.600. The van der Waals surface area contributed by atoms with E-state index in [1.165, 1.54) is 6.33 Å². The Hall–Kier alpha value is -0.550. The Labute approximate surface area is 62.8 Å². The number of rotatable bonds is 1. The summed E-state index contributed by atoms with van der Waals surface area (Å²) < 4.78 is 0. The van der Waals surface area contributed by atoms with Gasteiger partial charge in [0.2, 0.25) is 0 Å². The lowest BCUT2D eigenvalue weighted by Crippen LogP contribution is -2.13. The predicted molar refractivity (Wildman–Crippen MR) is 39.6 cm³/mol. The van der Waals surface area contributed by atoms with Gasteiger partial charge in [0.05, 0.1) is 0 Å². The third kappa shape index (κ3) is 1.02. The summed E-state index contributed by atoms with van der Waals surface area (Å²) in [5.74, 6) is 2.09. The van der Waals surface area contributed by atoms with E-state index in [2.05, 4.69) is 20.5 Å². The minimum atomic E-state index is 0.336. The molecule has 0 aliphatic carbocycles. The van der Waals surface area contributed by atoms with Gasteiger partial charge in [0.1, 0.15) is 11.7 Å². The van der Waals surface area contributed by atoms with E-state index in [4.69, 9.17) is 0 Å². The highest BCUT2D eigenvalue weighted by Gasteiger charge is 2.18. The Morgan fingerprint density at radius 2 is 2.70 bits per heavy atom. The second kappa shape index (κ2) is 2.59. The lowest BCUT2D eigenvalue weighted by Gasteiger charge is -2.02. The molecule has 2 rings (SSSR count). The van der Waals surface area contributed by atoms with Crippen LogP contribution >= 0.6 is 11.8 Å². The first-order valence-electron chi connectivity index (χ1n) is 3.17. The largest absolute Gasteiger partial charge is 0.298 e. The molecule has 0 amide bonds. The lowest BCUT2D eigenvalue weighted by atomic mass is 10.6. The summed E-state index contributed by atoms with van der Waals surface area (Å²) in [6.07, 6.45) is 1.54. The maximum atomic E-state index is 4.05. The van der Waals surface area contributed by atoms with Gasteiger partial charge in [-0.2, -0.15) is 5.10 Å². The molecule has 1 unspecified atom stereocenters. The van der Waals surface area contributed by atoms with Crippen molar-refractivity contribution in [2.24, 2.45) is 0 Å². The molecule has 1 fully saturated rings. The molecule has 0 radical (unpaired) electrons. The Morgan fingerprint density at radius 1 is 1.70 bits per heavy atom. The van der Waals surface area contributed by atoms with Crippen LogP contribution in [-0.4, -0.2) is 27.5 Å². The maximum absolute atomic E-state index is 4.05. The van der Waals surface area contributed by atoms with Gasteiger partial charge in [-0.1, -0.05) is 0 Å². The highest BCUT2D eigenvalue weighted by atomic mass is 32.2. The van der Waals surface area contributed by atoms with E-state index in [0.29, 0.717) is 5.37 Å². The zero-order valence-corrected chi connectivity index (χ0v) is 6.19. The Morgan fingerprint density at radius 3 is 3.30 bits per heavy atom. The molecule has 1 aliphatic rings. The maximum Gasteiger partial charge on any atom is 0.151 e. The molecule has 1 aromatic heterocycles. The summed E-state index contributed by atoms with van der Waals surface area (Å²) in [7, 11) is 0. The third-order valence-electron chi connectivity index (χ3n) is 1.40. The van der Waals surface area contributed by atoms with Gasteiger partial charge in [0.15, 0.2) is 5.82 Å². The minimum Gasteiger partial charge on any atom is -0.298 e. The lowest BCUT2D eigenvalue weighted by molar-refractivity contribution is 0.712. The van der Waals surface area contributed by atoms with Crippen molar-refractivity contribution in [1.29, 1.82) is 0 Å². The zero-order valence-electron chi connectivity index (χ0n) is 5.37. The van der Waals surface area contributed by atoms with Gasteiger partial charge in [0, 0.05) is 12.3 Å². The summed E-state index contributed by atoms with van der Waals surface area (Å²) >= 11 is 1.86. The molecule has 1 saturated heterocycles. The first-order chi connectivity index (χ1) is 4.97. The van der Waals surface area contributed by atoms with E-state index in [1.54, 1.807) is 0 Å². The van der Waals surface area contributed by atoms with Crippen LogP contribution in [0.3, 0.4) is 0 Å². The van der Waals surface area contributed by atoms with Crippen LogP contribution in [0.15, 0.2) is 6.33 Å².